The number of hydrogen-bond acceptors (Lipinski definition) is 3. The fraction of sp³-hybridized carbons (Fsp3) is 0.857. The summed E-state index contributed by atoms with van der Waals surface area (Å²) in [6, 6.07) is 0. The maximum Gasteiger partial charge on any atom is 0.227 e. The van der Waals surface area contributed by atoms with E-state index in [4.69, 9.17) is 0 Å². The molecule has 0 aromatic carbocycles. The van der Waals surface area contributed by atoms with E-state index in [0.717, 1.165) is 45.4 Å². The summed E-state index contributed by atoms with van der Waals surface area (Å²) < 4.78 is 0. The van der Waals surface area contributed by atoms with E-state index in [1.165, 1.54) is 6.42 Å². The molecular formula is C14H25N3O2. The molecule has 2 heterocycles. The van der Waals surface area contributed by atoms with Gasteiger partial charge in [0.05, 0.1) is 5.41 Å². The van der Waals surface area contributed by atoms with Gasteiger partial charge in [-0.2, -0.15) is 0 Å². The van der Waals surface area contributed by atoms with Crippen LogP contribution in [0.2, 0.25) is 0 Å². The van der Waals surface area contributed by atoms with Gasteiger partial charge in [-0.3, -0.25) is 9.59 Å². The Morgan fingerprint density at radius 1 is 1.26 bits per heavy atom. The van der Waals surface area contributed by atoms with Crippen LogP contribution in [0.3, 0.4) is 0 Å². The summed E-state index contributed by atoms with van der Waals surface area (Å²) in [6.07, 6.45) is 4.75. The largest absolute Gasteiger partial charge is 0.355 e. The van der Waals surface area contributed by atoms with Crippen molar-refractivity contribution in [3.8, 4) is 0 Å². The summed E-state index contributed by atoms with van der Waals surface area (Å²) in [4.78, 5) is 25.9. The van der Waals surface area contributed by atoms with Crippen molar-refractivity contribution in [3.63, 3.8) is 0 Å². The van der Waals surface area contributed by atoms with E-state index >= 15 is 0 Å². The molecule has 19 heavy (non-hydrogen) atoms. The van der Waals surface area contributed by atoms with Crippen molar-refractivity contribution in [2.75, 3.05) is 32.7 Å². The predicted molar refractivity (Wildman–Crippen MR) is 73.7 cm³/mol. The Kier molecular flexibility index (Phi) is 4.80. The van der Waals surface area contributed by atoms with Crippen molar-refractivity contribution in [1.82, 2.24) is 15.5 Å². The molecule has 108 valence electrons. The number of rotatable bonds is 4. The maximum atomic E-state index is 12.0. The molecule has 5 nitrogen and oxygen atoms in total. The van der Waals surface area contributed by atoms with Crippen LogP contribution in [0.4, 0.5) is 0 Å². The molecule has 2 rings (SSSR count). The van der Waals surface area contributed by atoms with Crippen molar-refractivity contribution in [2.24, 2.45) is 5.41 Å². The minimum Gasteiger partial charge on any atom is -0.355 e. The molecule has 0 saturated carbocycles. The van der Waals surface area contributed by atoms with Gasteiger partial charge >= 0.3 is 0 Å². The van der Waals surface area contributed by atoms with Crippen molar-refractivity contribution >= 4 is 11.8 Å². The van der Waals surface area contributed by atoms with Crippen LogP contribution in [-0.2, 0) is 9.59 Å². The van der Waals surface area contributed by atoms with Gasteiger partial charge in [-0.15, -0.1) is 0 Å². The molecule has 0 bridgehead atoms. The minimum absolute atomic E-state index is 0.0731. The third-order valence-corrected chi connectivity index (χ3v) is 4.25. The summed E-state index contributed by atoms with van der Waals surface area (Å²) in [5.74, 6) is 0.249. The van der Waals surface area contributed by atoms with Gasteiger partial charge in [0.25, 0.3) is 0 Å². The first-order chi connectivity index (χ1) is 9.12. The van der Waals surface area contributed by atoms with E-state index in [1.54, 1.807) is 0 Å². The number of amides is 2. The zero-order valence-corrected chi connectivity index (χ0v) is 11.8. The molecule has 2 fully saturated rings. The summed E-state index contributed by atoms with van der Waals surface area (Å²) >= 11 is 0. The van der Waals surface area contributed by atoms with Crippen LogP contribution in [0, 0.1) is 5.41 Å². The topological polar surface area (TPSA) is 61.4 Å². The molecule has 2 aliphatic heterocycles. The summed E-state index contributed by atoms with van der Waals surface area (Å²) in [6.45, 7) is 5.84. The lowest BCUT2D eigenvalue weighted by Gasteiger charge is -2.27. The monoisotopic (exact) mass is 267 g/mol. The Labute approximate surface area is 115 Å². The first kappa shape index (κ1) is 14.3. The molecule has 0 aromatic heterocycles. The highest BCUT2D eigenvalue weighted by molar-refractivity contribution is 5.83. The Balaban J connectivity index is 1.68. The third-order valence-electron chi connectivity index (χ3n) is 4.25. The summed E-state index contributed by atoms with van der Waals surface area (Å²) in [5, 5.41) is 6.12. The van der Waals surface area contributed by atoms with Crippen LogP contribution in [0.5, 0.6) is 0 Å². The van der Waals surface area contributed by atoms with Crippen molar-refractivity contribution in [1.29, 1.82) is 0 Å². The second-order valence-corrected chi connectivity index (χ2v) is 5.93. The second kappa shape index (κ2) is 6.37. The fourth-order valence-corrected chi connectivity index (χ4v) is 2.81. The van der Waals surface area contributed by atoms with E-state index in [-0.39, 0.29) is 17.2 Å². The molecule has 0 spiro atoms. The first-order valence-electron chi connectivity index (χ1n) is 7.39. The normalized spacial score (nSPS) is 27.3. The van der Waals surface area contributed by atoms with E-state index in [2.05, 4.69) is 10.6 Å². The smallest absolute Gasteiger partial charge is 0.227 e. The molecule has 1 unspecified atom stereocenters. The van der Waals surface area contributed by atoms with Gasteiger partial charge < -0.3 is 15.5 Å². The molecule has 2 aliphatic rings. The van der Waals surface area contributed by atoms with Gasteiger partial charge in [-0.25, -0.2) is 0 Å². The number of likely N-dealkylation sites (tertiary alicyclic amines) is 1. The van der Waals surface area contributed by atoms with Gasteiger partial charge in [0.1, 0.15) is 0 Å². The Morgan fingerprint density at radius 2 is 2.00 bits per heavy atom. The molecule has 2 N–H and O–H groups in total. The number of nitrogens with one attached hydrogen (secondary N) is 2. The maximum absolute atomic E-state index is 12.0. The van der Waals surface area contributed by atoms with Crippen LogP contribution >= 0.6 is 0 Å². The minimum atomic E-state index is -0.297. The van der Waals surface area contributed by atoms with Crippen LogP contribution in [0.25, 0.3) is 0 Å². The highest BCUT2D eigenvalue weighted by Gasteiger charge is 2.35. The zero-order valence-electron chi connectivity index (χ0n) is 11.8. The second-order valence-electron chi connectivity index (χ2n) is 5.93. The summed E-state index contributed by atoms with van der Waals surface area (Å²) in [5.41, 5.74) is -0.297. The van der Waals surface area contributed by atoms with Crippen LogP contribution in [-0.4, -0.2) is 49.4 Å². The van der Waals surface area contributed by atoms with Crippen LogP contribution < -0.4 is 10.6 Å². The highest BCUT2D eigenvalue weighted by Crippen LogP contribution is 2.24. The number of carbonyl (C=O) groups is 2. The van der Waals surface area contributed by atoms with E-state index in [9.17, 15) is 9.59 Å². The number of carbonyl (C=O) groups excluding carboxylic acids is 2. The standard InChI is InChI=1S/C14H25N3O2/c1-14(6-8-15-11-14)13(19)16-7-5-12(18)17-9-3-2-4-10-17/h15H,2-11H2,1H3,(H,16,19). The van der Waals surface area contributed by atoms with Crippen molar-refractivity contribution in [3.05, 3.63) is 0 Å². The Hall–Kier alpha value is -1.10. The first-order valence-corrected chi connectivity index (χ1v) is 7.39. The molecule has 0 aliphatic carbocycles. The van der Waals surface area contributed by atoms with E-state index < -0.39 is 0 Å². The summed E-state index contributed by atoms with van der Waals surface area (Å²) in [7, 11) is 0. The average molecular weight is 267 g/mol. The average Bonchev–Trinajstić information content (AvgIpc) is 2.88. The van der Waals surface area contributed by atoms with E-state index in [1.807, 2.05) is 11.8 Å². The van der Waals surface area contributed by atoms with Gasteiger partial charge in [0.15, 0.2) is 0 Å². The lowest BCUT2D eigenvalue weighted by Crippen LogP contribution is -2.42. The van der Waals surface area contributed by atoms with Gasteiger partial charge in [0, 0.05) is 32.6 Å². The Bertz CT molecular complexity index is 332. The molecule has 0 aromatic rings. The molecule has 1 atom stereocenters. The molecule has 0 radical (unpaired) electrons. The lowest BCUT2D eigenvalue weighted by atomic mass is 9.89. The van der Waals surface area contributed by atoms with Gasteiger partial charge in [0.2, 0.25) is 11.8 Å². The predicted octanol–water partition coefficient (Wildman–Crippen LogP) is 0.505. The Morgan fingerprint density at radius 3 is 2.63 bits per heavy atom. The number of nitrogens with zero attached hydrogens (tertiary/aromatic N) is 1. The van der Waals surface area contributed by atoms with Crippen LogP contribution in [0.15, 0.2) is 0 Å². The molecule has 5 heteroatoms. The van der Waals surface area contributed by atoms with Crippen molar-refractivity contribution < 1.29 is 9.59 Å². The zero-order chi connectivity index (χ0) is 13.7. The van der Waals surface area contributed by atoms with E-state index in [0.29, 0.717) is 13.0 Å². The van der Waals surface area contributed by atoms with Gasteiger partial charge in [-0.05, 0) is 39.2 Å². The van der Waals surface area contributed by atoms with Crippen molar-refractivity contribution in [2.45, 2.75) is 39.0 Å². The number of hydrogen-bond donors (Lipinski definition) is 2. The lowest BCUT2D eigenvalue weighted by molar-refractivity contribution is -0.132. The van der Waals surface area contributed by atoms with Crippen LogP contribution in [0.1, 0.15) is 39.0 Å². The number of piperidine rings is 1. The van der Waals surface area contributed by atoms with Gasteiger partial charge in [-0.1, -0.05) is 0 Å². The third kappa shape index (κ3) is 3.69. The molecule has 2 amide bonds. The molecular weight excluding hydrogens is 242 g/mol. The quantitative estimate of drug-likeness (QED) is 0.780. The highest BCUT2D eigenvalue weighted by atomic mass is 16.2. The SMILES string of the molecule is CC1(C(=O)NCCC(=O)N2CCCCC2)CCNC1. The fourth-order valence-electron chi connectivity index (χ4n) is 2.81. The molecule has 2 saturated heterocycles.